The van der Waals surface area contributed by atoms with E-state index in [-0.39, 0.29) is 30.8 Å². The van der Waals surface area contributed by atoms with E-state index >= 15 is 0 Å². The van der Waals surface area contributed by atoms with Crippen molar-refractivity contribution in [1.82, 2.24) is 20.4 Å². The zero-order chi connectivity index (χ0) is 34.5. The first-order valence-corrected chi connectivity index (χ1v) is 17.3. The average Bonchev–Trinajstić information content (AvgIpc) is 3.53. The van der Waals surface area contributed by atoms with Gasteiger partial charge in [-0.05, 0) is 49.3 Å². The lowest BCUT2D eigenvalue weighted by Gasteiger charge is -2.24. The van der Waals surface area contributed by atoms with Crippen LogP contribution in [0.4, 0.5) is 0 Å². The molecule has 10 nitrogen and oxygen atoms in total. The molecule has 4 N–H and O–H groups in total. The van der Waals surface area contributed by atoms with Crippen LogP contribution in [0.5, 0.6) is 11.5 Å². The SMILES string of the molecule is CC.CCC(O)CNC(=O)CC(CCC1CCCCC1)NC(=O)c1cc(-c2c(OC)cccc2OC)n(CC(CC)CC)n1.CO. The molecule has 0 spiro atoms. The van der Waals surface area contributed by atoms with Crippen LogP contribution >= 0.6 is 0 Å². The second kappa shape index (κ2) is 23.2. The van der Waals surface area contributed by atoms with Crippen molar-refractivity contribution in [3.63, 3.8) is 0 Å². The molecule has 2 unspecified atom stereocenters. The van der Waals surface area contributed by atoms with E-state index in [1.54, 1.807) is 20.3 Å². The molecule has 2 amide bonds. The van der Waals surface area contributed by atoms with Crippen molar-refractivity contribution in [3.05, 3.63) is 30.0 Å². The Kier molecular flexibility index (Phi) is 20.7. The van der Waals surface area contributed by atoms with Gasteiger partial charge in [-0.2, -0.15) is 5.10 Å². The highest BCUT2D eigenvalue weighted by atomic mass is 16.5. The van der Waals surface area contributed by atoms with Crippen molar-refractivity contribution in [2.24, 2.45) is 11.8 Å². The molecule has 0 radical (unpaired) electrons. The van der Waals surface area contributed by atoms with Gasteiger partial charge in [0.25, 0.3) is 5.91 Å². The summed E-state index contributed by atoms with van der Waals surface area (Å²) in [6, 6.07) is 7.10. The monoisotopic (exact) mass is 646 g/mol. The zero-order valence-electron chi connectivity index (χ0n) is 29.7. The number of aromatic nitrogens is 2. The number of carbonyl (C=O) groups is 2. The predicted octanol–water partition coefficient (Wildman–Crippen LogP) is 6.37. The Hall–Kier alpha value is -3.11. The van der Waals surface area contributed by atoms with Crippen molar-refractivity contribution in [2.75, 3.05) is 27.9 Å². The number of nitrogens with one attached hydrogen (secondary N) is 2. The smallest absolute Gasteiger partial charge is 0.272 e. The van der Waals surface area contributed by atoms with Gasteiger partial charge in [-0.3, -0.25) is 14.3 Å². The molecule has 1 aliphatic carbocycles. The van der Waals surface area contributed by atoms with Crippen LogP contribution in [0.3, 0.4) is 0 Å². The van der Waals surface area contributed by atoms with Crippen LogP contribution in [0.1, 0.15) is 116 Å². The minimum absolute atomic E-state index is 0.163. The van der Waals surface area contributed by atoms with Crippen LogP contribution in [0.15, 0.2) is 24.3 Å². The van der Waals surface area contributed by atoms with Gasteiger partial charge in [0.15, 0.2) is 5.69 Å². The number of hydrogen-bond donors (Lipinski definition) is 4. The first kappa shape index (κ1) is 40.9. The number of nitrogens with zero attached hydrogens (tertiary/aromatic N) is 2. The summed E-state index contributed by atoms with van der Waals surface area (Å²) in [5.41, 5.74) is 1.81. The van der Waals surface area contributed by atoms with E-state index in [9.17, 15) is 14.7 Å². The van der Waals surface area contributed by atoms with Gasteiger partial charge >= 0.3 is 0 Å². The van der Waals surface area contributed by atoms with Gasteiger partial charge in [-0.1, -0.05) is 85.6 Å². The van der Waals surface area contributed by atoms with Gasteiger partial charge in [0, 0.05) is 32.7 Å². The molecule has 1 heterocycles. The maximum absolute atomic E-state index is 13.7. The Labute approximate surface area is 277 Å². The van der Waals surface area contributed by atoms with Gasteiger partial charge in [-0.15, -0.1) is 0 Å². The van der Waals surface area contributed by atoms with E-state index in [2.05, 4.69) is 24.5 Å². The Morgan fingerprint density at radius 3 is 2.15 bits per heavy atom. The van der Waals surface area contributed by atoms with Gasteiger partial charge in [0.05, 0.1) is 31.6 Å². The van der Waals surface area contributed by atoms with Crippen molar-refractivity contribution in [3.8, 4) is 22.8 Å². The van der Waals surface area contributed by atoms with Crippen molar-refractivity contribution in [2.45, 2.75) is 124 Å². The molecule has 46 heavy (non-hydrogen) atoms. The van der Waals surface area contributed by atoms with Crippen molar-refractivity contribution in [1.29, 1.82) is 0 Å². The summed E-state index contributed by atoms with van der Waals surface area (Å²) in [5, 5.41) is 27.6. The fraction of sp³-hybridized carbons (Fsp3) is 0.694. The number of methoxy groups -OCH3 is 2. The van der Waals surface area contributed by atoms with Crippen LogP contribution in [0, 0.1) is 11.8 Å². The molecule has 1 fully saturated rings. The molecule has 0 aliphatic heterocycles. The lowest BCUT2D eigenvalue weighted by Crippen LogP contribution is -2.41. The standard InChI is InChI=1S/C33H52N4O5.C2H6.CH4O/c1-6-23(7-2)22-37-28(32-29(41-4)15-12-16-30(32)42-5)20-27(36-37)33(40)35-25(18-17-24-13-10-9-11-14-24)19-31(39)34-21-26(38)8-3;2*1-2/h12,15-16,20,23-26,38H,6-11,13-14,17-19,21-22H2,1-5H3,(H,34,39)(H,35,40);1-2H3;2H,1H3. The van der Waals surface area contributed by atoms with E-state index in [1.165, 1.54) is 32.1 Å². The number of hydrogen-bond acceptors (Lipinski definition) is 7. The molecule has 1 aromatic carbocycles. The Morgan fingerprint density at radius 2 is 1.61 bits per heavy atom. The van der Waals surface area contributed by atoms with Crippen molar-refractivity contribution < 1.29 is 29.3 Å². The highest BCUT2D eigenvalue weighted by Gasteiger charge is 2.25. The summed E-state index contributed by atoms with van der Waals surface area (Å²) in [5.74, 6) is 1.84. The summed E-state index contributed by atoms with van der Waals surface area (Å²) < 4.78 is 13.3. The summed E-state index contributed by atoms with van der Waals surface area (Å²) in [6.45, 7) is 11.1. The van der Waals surface area contributed by atoms with E-state index < -0.39 is 6.10 Å². The molecule has 1 saturated carbocycles. The third-order valence-corrected chi connectivity index (χ3v) is 8.70. The van der Waals surface area contributed by atoms with Crippen LogP contribution < -0.4 is 20.1 Å². The molecule has 0 bridgehead atoms. The highest BCUT2D eigenvalue weighted by Crippen LogP contribution is 2.39. The quantitative estimate of drug-likeness (QED) is 0.157. The summed E-state index contributed by atoms with van der Waals surface area (Å²) in [4.78, 5) is 26.5. The van der Waals surface area contributed by atoms with E-state index in [0.717, 1.165) is 44.1 Å². The number of benzene rings is 1. The van der Waals surface area contributed by atoms with Crippen LogP contribution in [0.25, 0.3) is 11.3 Å². The van der Waals surface area contributed by atoms with Crippen LogP contribution in [-0.4, -0.2) is 71.8 Å². The number of carbonyl (C=O) groups excluding carboxylic acids is 2. The lowest BCUT2D eigenvalue weighted by atomic mass is 9.85. The van der Waals surface area contributed by atoms with Gasteiger partial charge in [0.1, 0.15) is 11.5 Å². The first-order chi connectivity index (χ1) is 22.3. The second-order valence-electron chi connectivity index (χ2n) is 11.6. The summed E-state index contributed by atoms with van der Waals surface area (Å²) >= 11 is 0. The van der Waals surface area contributed by atoms with Gasteiger partial charge in [0.2, 0.25) is 5.91 Å². The second-order valence-corrected chi connectivity index (χ2v) is 11.6. The van der Waals surface area contributed by atoms with E-state index in [4.69, 9.17) is 19.7 Å². The molecular formula is C36H62N4O6. The topological polar surface area (TPSA) is 135 Å². The summed E-state index contributed by atoms with van der Waals surface area (Å²) in [7, 11) is 4.24. The number of ether oxygens (including phenoxy) is 2. The number of rotatable bonds is 17. The van der Waals surface area contributed by atoms with Crippen LogP contribution in [0.2, 0.25) is 0 Å². The van der Waals surface area contributed by atoms with Crippen molar-refractivity contribution >= 4 is 11.8 Å². The normalized spacial score (nSPS) is 14.2. The minimum atomic E-state index is -0.575. The fourth-order valence-electron chi connectivity index (χ4n) is 5.83. The molecule has 2 aromatic rings. The predicted molar refractivity (Wildman–Crippen MR) is 185 cm³/mol. The third-order valence-electron chi connectivity index (χ3n) is 8.70. The maximum Gasteiger partial charge on any atom is 0.272 e. The number of aliphatic hydroxyl groups excluding tert-OH is 2. The van der Waals surface area contributed by atoms with Crippen LogP contribution in [-0.2, 0) is 11.3 Å². The number of amides is 2. The molecule has 2 atom stereocenters. The molecule has 262 valence electrons. The Morgan fingerprint density at radius 1 is 1.00 bits per heavy atom. The minimum Gasteiger partial charge on any atom is -0.496 e. The van der Waals surface area contributed by atoms with Gasteiger partial charge in [-0.25, -0.2) is 0 Å². The third kappa shape index (κ3) is 12.9. The number of aliphatic hydroxyl groups is 2. The largest absolute Gasteiger partial charge is 0.496 e. The Balaban J connectivity index is 0.00000254. The molecule has 3 rings (SSSR count). The fourth-order valence-corrected chi connectivity index (χ4v) is 5.83. The molecular weight excluding hydrogens is 584 g/mol. The zero-order valence-corrected chi connectivity index (χ0v) is 29.7. The molecule has 1 aromatic heterocycles. The van der Waals surface area contributed by atoms with E-state index in [1.807, 2.05) is 43.7 Å². The molecule has 0 saturated heterocycles. The van der Waals surface area contributed by atoms with Gasteiger partial charge < -0.3 is 30.3 Å². The summed E-state index contributed by atoms with van der Waals surface area (Å²) in [6.07, 6.45) is 10.0. The highest BCUT2D eigenvalue weighted by molar-refractivity contribution is 5.94. The first-order valence-electron chi connectivity index (χ1n) is 17.3. The maximum atomic E-state index is 13.7. The molecule has 1 aliphatic rings. The Bertz CT molecular complexity index is 1110. The average molecular weight is 647 g/mol. The molecule has 10 heteroatoms. The van der Waals surface area contributed by atoms with E-state index in [0.29, 0.717) is 42.0 Å². The lowest BCUT2D eigenvalue weighted by molar-refractivity contribution is -0.122.